The largest absolute Gasteiger partial charge is 0.361 e. The Bertz CT molecular complexity index is 1360. The van der Waals surface area contributed by atoms with Crippen molar-refractivity contribution in [3.8, 4) is 0 Å². The van der Waals surface area contributed by atoms with Gasteiger partial charge < -0.3 is 20.7 Å². The van der Waals surface area contributed by atoms with Gasteiger partial charge in [-0.1, -0.05) is 100 Å². The molecule has 3 N–H and O–H groups in total. The number of rotatable bonds is 16. The van der Waals surface area contributed by atoms with Gasteiger partial charge in [0.1, 0.15) is 23.7 Å². The first-order valence-electron chi connectivity index (χ1n) is 15.4. The minimum Gasteiger partial charge on any atom is -0.361 e. The van der Waals surface area contributed by atoms with Crippen molar-refractivity contribution in [2.45, 2.75) is 97.0 Å². The predicted molar refractivity (Wildman–Crippen MR) is 172 cm³/mol. The molecule has 1 heterocycles. The maximum Gasteiger partial charge on any atom is 0.243 e. The summed E-state index contributed by atoms with van der Waals surface area (Å²) in [6.45, 7) is 11.7. The van der Waals surface area contributed by atoms with E-state index in [9.17, 15) is 19.2 Å². The number of carbonyl (C=O) groups excluding carboxylic acids is 4. The Morgan fingerprint density at radius 2 is 1.33 bits per heavy atom. The van der Waals surface area contributed by atoms with E-state index in [0.29, 0.717) is 13.0 Å². The molecule has 5 atom stereocenters. The average molecular weight is 619 g/mol. The smallest absolute Gasteiger partial charge is 0.243 e. The zero-order chi connectivity index (χ0) is 33.2. The number of nitrogens with zero attached hydrogens (tertiary/aromatic N) is 3. The molecule has 1 saturated heterocycles. The van der Waals surface area contributed by atoms with Crippen molar-refractivity contribution in [3.05, 3.63) is 82.2 Å². The molecule has 0 unspecified atom stereocenters. The van der Waals surface area contributed by atoms with Gasteiger partial charge in [0.05, 0.1) is 12.6 Å². The molecule has 11 heteroatoms. The first-order chi connectivity index (χ1) is 21.2. The number of Topliss-reactive ketones (excluding diaryl/α,β-unsaturated/α-hetero) is 1. The number of hydrogen-bond donors (Lipinski definition) is 3. The summed E-state index contributed by atoms with van der Waals surface area (Å²) in [7, 11) is 0. The van der Waals surface area contributed by atoms with E-state index in [0.717, 1.165) is 11.1 Å². The Morgan fingerprint density at radius 3 is 1.82 bits per heavy atom. The lowest BCUT2D eigenvalue weighted by Gasteiger charge is -2.29. The number of ether oxygens (including phenoxy) is 1. The van der Waals surface area contributed by atoms with Gasteiger partial charge in [-0.05, 0) is 54.2 Å². The Kier molecular flexibility index (Phi) is 12.3. The fourth-order valence-corrected chi connectivity index (χ4v) is 5.10. The van der Waals surface area contributed by atoms with E-state index < -0.39 is 47.5 Å². The van der Waals surface area contributed by atoms with Gasteiger partial charge >= 0.3 is 0 Å². The molecule has 1 aliphatic rings. The molecule has 2 aromatic carbocycles. The molecule has 3 rings (SSSR count). The Hall–Kier alpha value is -4.21. The maximum atomic E-state index is 13.9. The number of azide groups is 1. The van der Waals surface area contributed by atoms with Gasteiger partial charge in [0.2, 0.25) is 17.7 Å². The predicted octanol–water partition coefficient (Wildman–Crippen LogP) is 4.45. The van der Waals surface area contributed by atoms with Crippen LogP contribution in [0.2, 0.25) is 0 Å². The molecule has 0 saturated carbocycles. The molecular formula is C34H46N6O5. The van der Waals surface area contributed by atoms with Crippen LogP contribution in [0.1, 0.15) is 65.5 Å². The Balaban J connectivity index is 1.85. The first kappa shape index (κ1) is 35.3. The molecule has 0 aromatic heterocycles. The van der Waals surface area contributed by atoms with E-state index in [2.05, 4.69) is 26.0 Å². The minimum absolute atomic E-state index is 0.120. The number of epoxide rings is 1. The lowest BCUT2D eigenvalue weighted by molar-refractivity contribution is -0.134. The molecule has 3 amide bonds. The average Bonchev–Trinajstić information content (AvgIpc) is 3.73. The molecule has 1 fully saturated rings. The van der Waals surface area contributed by atoms with E-state index in [1.807, 2.05) is 95.3 Å². The summed E-state index contributed by atoms with van der Waals surface area (Å²) >= 11 is 0. The molecule has 0 bridgehead atoms. The Labute approximate surface area is 265 Å². The van der Waals surface area contributed by atoms with Crippen LogP contribution >= 0.6 is 0 Å². The lowest BCUT2D eigenvalue weighted by Crippen LogP contribution is -2.58. The summed E-state index contributed by atoms with van der Waals surface area (Å²) in [5.41, 5.74) is 9.47. The normalized spacial score (nSPS) is 18.5. The fraction of sp³-hybridized carbons (Fsp3) is 0.529. The molecule has 1 aliphatic heterocycles. The molecule has 0 radical (unpaired) electrons. The second-order valence-electron chi connectivity index (χ2n) is 13.6. The number of ketones is 1. The van der Waals surface area contributed by atoms with Gasteiger partial charge in [-0.25, -0.2) is 0 Å². The maximum absolute atomic E-state index is 13.9. The van der Waals surface area contributed by atoms with Gasteiger partial charge in [-0.2, -0.15) is 0 Å². The van der Waals surface area contributed by atoms with Gasteiger partial charge in [-0.15, -0.1) is 0 Å². The van der Waals surface area contributed by atoms with Crippen LogP contribution in [0.25, 0.3) is 10.4 Å². The topological polar surface area (TPSA) is 166 Å². The zero-order valence-electron chi connectivity index (χ0n) is 27.1. The highest BCUT2D eigenvalue weighted by Crippen LogP contribution is 2.30. The number of hydrogen-bond acceptors (Lipinski definition) is 6. The van der Waals surface area contributed by atoms with Crippen LogP contribution in [0.3, 0.4) is 0 Å². The second-order valence-corrected chi connectivity index (χ2v) is 13.6. The third-order valence-electron chi connectivity index (χ3n) is 7.57. The van der Waals surface area contributed by atoms with E-state index >= 15 is 0 Å². The van der Waals surface area contributed by atoms with Crippen LogP contribution in [0.15, 0.2) is 65.8 Å². The third kappa shape index (κ3) is 11.3. The van der Waals surface area contributed by atoms with Crippen LogP contribution in [0, 0.1) is 11.3 Å². The van der Waals surface area contributed by atoms with Crippen molar-refractivity contribution in [3.63, 3.8) is 0 Å². The van der Waals surface area contributed by atoms with Crippen molar-refractivity contribution in [1.82, 2.24) is 16.0 Å². The highest BCUT2D eigenvalue weighted by Gasteiger charge is 2.50. The van der Waals surface area contributed by atoms with Crippen molar-refractivity contribution in [2.24, 2.45) is 16.4 Å². The number of amides is 3. The fourth-order valence-electron chi connectivity index (χ4n) is 5.10. The summed E-state index contributed by atoms with van der Waals surface area (Å²) in [4.78, 5) is 57.1. The SMILES string of the molecule is CC(C)C[C@H](NC(=O)[C@H](Cc1ccccc1)NC(=O)[C@H](CC(C)(C)C)NC(=O)[C@H](Cc1ccccc1)N=[N+]=[N-])C(=O)[C@@]1(C)CO1. The van der Waals surface area contributed by atoms with Crippen LogP contribution in [-0.4, -0.2) is 59.9 Å². The summed E-state index contributed by atoms with van der Waals surface area (Å²) in [6, 6.07) is 14.5. The molecule has 2 aromatic rings. The molecule has 11 nitrogen and oxygen atoms in total. The van der Waals surface area contributed by atoms with E-state index in [1.54, 1.807) is 6.92 Å². The highest BCUT2D eigenvalue weighted by molar-refractivity contribution is 5.98. The van der Waals surface area contributed by atoms with Crippen molar-refractivity contribution in [1.29, 1.82) is 0 Å². The van der Waals surface area contributed by atoms with Gasteiger partial charge in [0.15, 0.2) is 5.78 Å². The van der Waals surface area contributed by atoms with Gasteiger partial charge in [0, 0.05) is 11.3 Å². The molecular weight excluding hydrogens is 572 g/mol. The zero-order valence-corrected chi connectivity index (χ0v) is 27.1. The third-order valence-corrected chi connectivity index (χ3v) is 7.57. The number of benzene rings is 2. The van der Waals surface area contributed by atoms with Crippen molar-refractivity contribution >= 4 is 23.5 Å². The molecule has 45 heavy (non-hydrogen) atoms. The first-order valence-corrected chi connectivity index (χ1v) is 15.4. The Morgan fingerprint density at radius 1 is 0.844 bits per heavy atom. The standard InChI is InChI=1S/C34H46N6O5/c1-22(2)17-25(29(41)34(6)21-45-34)36-30(42)26(18-23-13-9-7-10-14-23)37-32(44)28(20-33(3,4)5)38-31(43)27(39-40-35)19-24-15-11-8-12-16-24/h7-16,22,25-28H,17-21H2,1-6H3,(H,36,42)(H,37,44)(H,38,43)/t25-,26-,27-,28-,34+/m0/s1. The number of nitrogens with one attached hydrogen (secondary N) is 3. The number of carbonyl (C=O) groups is 4. The van der Waals surface area contributed by atoms with Crippen molar-refractivity contribution in [2.75, 3.05) is 6.61 Å². The summed E-state index contributed by atoms with van der Waals surface area (Å²) in [5.74, 6) is -1.74. The summed E-state index contributed by atoms with van der Waals surface area (Å²) in [5, 5.41) is 12.2. The van der Waals surface area contributed by atoms with Crippen LogP contribution < -0.4 is 16.0 Å². The van der Waals surface area contributed by atoms with Crippen LogP contribution in [0.4, 0.5) is 0 Å². The highest BCUT2D eigenvalue weighted by atomic mass is 16.6. The van der Waals surface area contributed by atoms with Crippen LogP contribution in [-0.2, 0) is 36.8 Å². The molecule has 242 valence electrons. The lowest BCUT2D eigenvalue weighted by atomic mass is 9.87. The van der Waals surface area contributed by atoms with E-state index in [4.69, 9.17) is 10.3 Å². The molecule has 0 spiro atoms. The monoisotopic (exact) mass is 618 g/mol. The quantitative estimate of drug-likeness (QED) is 0.109. The van der Waals surface area contributed by atoms with E-state index in [1.165, 1.54) is 0 Å². The second kappa shape index (κ2) is 15.7. The van der Waals surface area contributed by atoms with Gasteiger partial charge in [-0.3, -0.25) is 19.2 Å². The van der Waals surface area contributed by atoms with Crippen molar-refractivity contribution < 1.29 is 23.9 Å². The molecule has 0 aliphatic carbocycles. The van der Waals surface area contributed by atoms with E-state index in [-0.39, 0.29) is 36.4 Å². The van der Waals surface area contributed by atoms with Gasteiger partial charge in [0.25, 0.3) is 0 Å². The minimum atomic E-state index is -1.08. The summed E-state index contributed by atoms with van der Waals surface area (Å²) < 4.78 is 5.37. The summed E-state index contributed by atoms with van der Waals surface area (Å²) in [6.07, 6.45) is 0.997. The van der Waals surface area contributed by atoms with Crippen LogP contribution in [0.5, 0.6) is 0 Å².